The van der Waals surface area contributed by atoms with E-state index in [0.717, 1.165) is 23.3 Å². The highest BCUT2D eigenvalue weighted by molar-refractivity contribution is 6.11. The van der Waals surface area contributed by atoms with Gasteiger partial charge in [0.15, 0.2) is 0 Å². The molecule has 0 spiro atoms. The molecular formula is C22H26F3N3O2. The average molecular weight is 421 g/mol. The number of anilines is 1. The standard InChI is InChI=1S/C22H26F3N3O2/c1-5-16(3)14-27-21(18(6-2)11-12-26-15-29)13-17(4)28-19-7-9-20(10-8-19)30-22(23,24)25/h6-15,28H,5H2,1-4H3,(H,26,29)/b12-11-,16-14+,17-13+,18-6+,27-21+. The van der Waals surface area contributed by atoms with Crippen molar-refractivity contribution < 1.29 is 22.7 Å². The molecule has 1 amide bonds. The number of nitrogens with zero attached hydrogens (tertiary/aromatic N) is 1. The highest BCUT2D eigenvalue weighted by Crippen LogP contribution is 2.24. The zero-order valence-corrected chi connectivity index (χ0v) is 17.4. The van der Waals surface area contributed by atoms with Crippen LogP contribution in [0.25, 0.3) is 0 Å². The third-order valence-corrected chi connectivity index (χ3v) is 3.80. The van der Waals surface area contributed by atoms with Crippen LogP contribution in [-0.2, 0) is 4.79 Å². The SMILES string of the molecule is C/C=C(\C=C/NC=O)C(/C=C(\C)Nc1ccc(OC(F)(F)F)cc1)=N/C=C(\C)CC. The van der Waals surface area contributed by atoms with Crippen LogP contribution in [0, 0.1) is 0 Å². The Labute approximate surface area is 174 Å². The van der Waals surface area contributed by atoms with Gasteiger partial charge in [0.1, 0.15) is 5.75 Å². The molecule has 162 valence electrons. The number of alkyl halides is 3. The second-order valence-electron chi connectivity index (χ2n) is 6.23. The Morgan fingerprint density at radius 2 is 1.87 bits per heavy atom. The molecule has 0 fully saturated rings. The number of carbonyl (C=O) groups is 1. The lowest BCUT2D eigenvalue weighted by Gasteiger charge is -2.11. The van der Waals surface area contributed by atoms with Crippen molar-refractivity contribution >= 4 is 17.8 Å². The molecule has 0 unspecified atom stereocenters. The van der Waals surface area contributed by atoms with Crippen molar-refractivity contribution in [3.05, 3.63) is 71.7 Å². The molecule has 0 aliphatic carbocycles. The molecule has 0 aromatic heterocycles. The van der Waals surface area contributed by atoms with Crippen LogP contribution in [0.5, 0.6) is 5.75 Å². The number of amides is 1. The topological polar surface area (TPSA) is 62.7 Å². The third kappa shape index (κ3) is 9.77. The van der Waals surface area contributed by atoms with Crippen LogP contribution >= 0.6 is 0 Å². The molecule has 0 radical (unpaired) electrons. The van der Waals surface area contributed by atoms with Gasteiger partial charge in [0.2, 0.25) is 6.41 Å². The van der Waals surface area contributed by atoms with Gasteiger partial charge in [0.25, 0.3) is 0 Å². The Balaban J connectivity index is 3.09. The monoisotopic (exact) mass is 421 g/mol. The Hall–Kier alpha value is -3.29. The fraction of sp³-hybridized carbons (Fsp3) is 0.273. The van der Waals surface area contributed by atoms with E-state index in [1.165, 1.54) is 30.5 Å². The Morgan fingerprint density at radius 3 is 2.40 bits per heavy atom. The van der Waals surface area contributed by atoms with E-state index in [4.69, 9.17) is 0 Å². The Kier molecular flexibility index (Phi) is 10.2. The molecule has 1 aromatic carbocycles. The van der Waals surface area contributed by atoms with Crippen molar-refractivity contribution in [1.29, 1.82) is 0 Å². The largest absolute Gasteiger partial charge is 0.573 e. The zero-order valence-electron chi connectivity index (χ0n) is 17.4. The summed E-state index contributed by atoms with van der Waals surface area (Å²) < 4.78 is 40.7. The summed E-state index contributed by atoms with van der Waals surface area (Å²) in [7, 11) is 0. The molecular weight excluding hydrogens is 395 g/mol. The third-order valence-electron chi connectivity index (χ3n) is 3.80. The maximum Gasteiger partial charge on any atom is 0.573 e. The number of nitrogens with one attached hydrogen (secondary N) is 2. The minimum atomic E-state index is -4.73. The van der Waals surface area contributed by atoms with Gasteiger partial charge < -0.3 is 15.4 Å². The molecule has 0 bridgehead atoms. The van der Waals surface area contributed by atoms with Crippen LogP contribution in [0.1, 0.15) is 34.1 Å². The summed E-state index contributed by atoms with van der Waals surface area (Å²) in [6, 6.07) is 5.44. The number of rotatable bonds is 10. The molecule has 30 heavy (non-hydrogen) atoms. The second-order valence-corrected chi connectivity index (χ2v) is 6.23. The normalized spacial score (nSPS) is 14.1. The molecule has 0 atom stereocenters. The summed E-state index contributed by atoms with van der Waals surface area (Å²) in [5.41, 5.74) is 3.84. The number of halogens is 3. The van der Waals surface area contributed by atoms with Gasteiger partial charge in [-0.25, -0.2) is 0 Å². The predicted octanol–water partition coefficient (Wildman–Crippen LogP) is 5.86. The minimum Gasteiger partial charge on any atom is -0.406 e. The van der Waals surface area contributed by atoms with E-state index in [1.54, 1.807) is 18.4 Å². The fourth-order valence-corrected chi connectivity index (χ4v) is 2.18. The summed E-state index contributed by atoms with van der Waals surface area (Å²) in [4.78, 5) is 15.0. The number of carbonyl (C=O) groups excluding carboxylic acids is 1. The summed E-state index contributed by atoms with van der Waals surface area (Å²) in [6.45, 7) is 7.66. The summed E-state index contributed by atoms with van der Waals surface area (Å²) in [5, 5.41) is 5.57. The van der Waals surface area contributed by atoms with Crippen molar-refractivity contribution in [3.8, 4) is 5.75 Å². The predicted molar refractivity (Wildman–Crippen MR) is 114 cm³/mol. The molecule has 1 rings (SSSR count). The van der Waals surface area contributed by atoms with E-state index >= 15 is 0 Å². The second kappa shape index (κ2) is 12.3. The van der Waals surface area contributed by atoms with Crippen LogP contribution in [-0.4, -0.2) is 18.5 Å². The summed E-state index contributed by atoms with van der Waals surface area (Å²) in [5.74, 6) is -0.291. The number of hydrogen-bond acceptors (Lipinski definition) is 4. The number of allylic oxidation sites excluding steroid dienone is 6. The number of aliphatic imine (C=N–C) groups is 1. The molecule has 5 nitrogen and oxygen atoms in total. The number of ether oxygens (including phenoxy) is 1. The first-order chi connectivity index (χ1) is 14.2. The van der Waals surface area contributed by atoms with Crippen LogP contribution in [0.2, 0.25) is 0 Å². The highest BCUT2D eigenvalue weighted by atomic mass is 19.4. The molecule has 2 N–H and O–H groups in total. The maximum absolute atomic E-state index is 12.3. The van der Waals surface area contributed by atoms with Crippen LogP contribution < -0.4 is 15.4 Å². The quantitative estimate of drug-likeness (QED) is 0.282. The van der Waals surface area contributed by atoms with Crippen molar-refractivity contribution in [3.63, 3.8) is 0 Å². The Bertz CT molecular complexity index is 849. The van der Waals surface area contributed by atoms with Crippen molar-refractivity contribution in [1.82, 2.24) is 5.32 Å². The van der Waals surface area contributed by atoms with E-state index < -0.39 is 6.36 Å². The van der Waals surface area contributed by atoms with E-state index in [-0.39, 0.29) is 5.75 Å². The molecule has 8 heteroatoms. The highest BCUT2D eigenvalue weighted by Gasteiger charge is 2.30. The lowest BCUT2D eigenvalue weighted by molar-refractivity contribution is -0.274. The van der Waals surface area contributed by atoms with Crippen LogP contribution in [0.15, 0.2) is 76.7 Å². The zero-order chi connectivity index (χ0) is 22.6. The number of benzene rings is 1. The molecule has 0 aliphatic heterocycles. The Morgan fingerprint density at radius 1 is 1.20 bits per heavy atom. The maximum atomic E-state index is 12.3. The molecule has 1 aromatic rings. The smallest absolute Gasteiger partial charge is 0.406 e. The minimum absolute atomic E-state index is 0.291. The lowest BCUT2D eigenvalue weighted by atomic mass is 10.1. The van der Waals surface area contributed by atoms with Gasteiger partial charge in [0, 0.05) is 23.8 Å². The van der Waals surface area contributed by atoms with Gasteiger partial charge in [-0.2, -0.15) is 0 Å². The summed E-state index contributed by atoms with van der Waals surface area (Å²) >= 11 is 0. The molecule has 0 aliphatic rings. The van der Waals surface area contributed by atoms with E-state index in [1.807, 2.05) is 33.8 Å². The van der Waals surface area contributed by atoms with Gasteiger partial charge in [-0.1, -0.05) is 18.6 Å². The van der Waals surface area contributed by atoms with Gasteiger partial charge in [-0.05, 0) is 69.2 Å². The van der Waals surface area contributed by atoms with Crippen molar-refractivity contribution in [2.24, 2.45) is 4.99 Å². The van der Waals surface area contributed by atoms with E-state index in [2.05, 4.69) is 20.4 Å². The number of hydrogen-bond donors (Lipinski definition) is 2. The van der Waals surface area contributed by atoms with Gasteiger partial charge in [-0.15, -0.1) is 13.2 Å². The van der Waals surface area contributed by atoms with Gasteiger partial charge >= 0.3 is 6.36 Å². The van der Waals surface area contributed by atoms with Gasteiger partial charge in [-0.3, -0.25) is 9.79 Å². The fourth-order valence-electron chi connectivity index (χ4n) is 2.18. The van der Waals surface area contributed by atoms with Crippen LogP contribution in [0.3, 0.4) is 0 Å². The first kappa shape index (κ1) is 24.7. The first-order valence-corrected chi connectivity index (χ1v) is 9.26. The average Bonchev–Trinajstić information content (AvgIpc) is 2.69. The lowest BCUT2D eigenvalue weighted by Crippen LogP contribution is -2.17. The molecule has 0 heterocycles. The van der Waals surface area contributed by atoms with Crippen molar-refractivity contribution in [2.45, 2.75) is 40.5 Å². The van der Waals surface area contributed by atoms with E-state index in [0.29, 0.717) is 17.8 Å². The van der Waals surface area contributed by atoms with Crippen molar-refractivity contribution in [2.75, 3.05) is 5.32 Å². The van der Waals surface area contributed by atoms with Gasteiger partial charge in [0.05, 0.1) is 5.71 Å². The van der Waals surface area contributed by atoms with E-state index in [9.17, 15) is 18.0 Å². The first-order valence-electron chi connectivity index (χ1n) is 9.26. The summed E-state index contributed by atoms with van der Waals surface area (Å²) in [6.07, 6.45) is 5.35. The van der Waals surface area contributed by atoms with Crippen LogP contribution in [0.4, 0.5) is 18.9 Å². The molecule has 0 saturated carbocycles. The molecule has 0 saturated heterocycles.